The van der Waals surface area contributed by atoms with E-state index in [0.717, 1.165) is 12.8 Å². The number of carbonyl (C=O) groups is 1. The molecule has 0 spiro atoms. The van der Waals surface area contributed by atoms with Crippen LogP contribution >= 0.6 is 23.4 Å². The predicted octanol–water partition coefficient (Wildman–Crippen LogP) is 3.08. The first-order valence-electron chi connectivity index (χ1n) is 8.06. The van der Waals surface area contributed by atoms with Crippen LogP contribution in [0.25, 0.3) is 10.9 Å². The zero-order valence-corrected chi connectivity index (χ0v) is 15.3. The average Bonchev–Trinajstić information content (AvgIpc) is 3.32. The second-order valence-corrected chi connectivity index (χ2v) is 7.87. The molecule has 128 valence electrons. The number of aromatic nitrogens is 2. The quantitative estimate of drug-likeness (QED) is 0.631. The lowest BCUT2D eigenvalue weighted by atomic mass is 10.2. The topological polar surface area (TPSA) is 64.0 Å². The van der Waals surface area contributed by atoms with Crippen LogP contribution in [0.5, 0.6) is 0 Å². The Labute approximate surface area is 149 Å². The third-order valence-corrected chi connectivity index (χ3v) is 4.92. The smallest absolute Gasteiger partial charge is 0.262 e. The van der Waals surface area contributed by atoms with Gasteiger partial charge in [0.05, 0.1) is 16.7 Å². The molecule has 1 aliphatic rings. The summed E-state index contributed by atoms with van der Waals surface area (Å²) >= 11 is 7.32. The molecule has 0 atom stereocenters. The number of hydrogen-bond acceptors (Lipinski definition) is 4. The van der Waals surface area contributed by atoms with E-state index in [2.05, 4.69) is 10.3 Å². The molecule has 1 amide bonds. The van der Waals surface area contributed by atoms with Crippen LogP contribution in [0.2, 0.25) is 5.02 Å². The summed E-state index contributed by atoms with van der Waals surface area (Å²) < 4.78 is 1.65. The molecule has 24 heavy (non-hydrogen) atoms. The van der Waals surface area contributed by atoms with Gasteiger partial charge in [0.2, 0.25) is 5.91 Å². The molecule has 5 nitrogen and oxygen atoms in total. The third kappa shape index (κ3) is 4.11. The minimum atomic E-state index is -0.110. The van der Waals surface area contributed by atoms with Crippen molar-refractivity contribution in [3.8, 4) is 0 Å². The van der Waals surface area contributed by atoms with Crippen LogP contribution in [0, 0.1) is 5.92 Å². The van der Waals surface area contributed by atoms with Gasteiger partial charge in [0.15, 0.2) is 5.16 Å². The van der Waals surface area contributed by atoms with E-state index in [1.807, 2.05) is 13.8 Å². The van der Waals surface area contributed by atoms with Gasteiger partial charge in [0.25, 0.3) is 5.56 Å². The number of hydrogen-bond donors (Lipinski definition) is 1. The Bertz CT molecular complexity index is 830. The standard InChI is InChI=1S/C17H20ClN3O2S/c1-10(2)8-21-16(23)13-7-11(18)3-6-14(13)20-17(21)24-9-15(22)19-12-4-5-12/h3,6-7,10,12H,4-5,8-9H2,1-2H3,(H,19,22). The van der Waals surface area contributed by atoms with Gasteiger partial charge in [-0.25, -0.2) is 4.98 Å². The lowest BCUT2D eigenvalue weighted by Crippen LogP contribution is -2.29. The molecular weight excluding hydrogens is 346 g/mol. The fourth-order valence-electron chi connectivity index (χ4n) is 2.44. The minimum absolute atomic E-state index is 0.0101. The Morgan fingerprint density at radius 1 is 1.46 bits per heavy atom. The van der Waals surface area contributed by atoms with E-state index in [1.165, 1.54) is 11.8 Å². The second-order valence-electron chi connectivity index (χ2n) is 6.50. The molecule has 1 N–H and O–H groups in total. The van der Waals surface area contributed by atoms with Gasteiger partial charge in [-0.2, -0.15) is 0 Å². The van der Waals surface area contributed by atoms with Gasteiger partial charge in [-0.05, 0) is 37.0 Å². The first-order valence-corrected chi connectivity index (χ1v) is 9.42. The van der Waals surface area contributed by atoms with Crippen LogP contribution in [0.15, 0.2) is 28.2 Å². The summed E-state index contributed by atoms with van der Waals surface area (Å²) in [4.78, 5) is 29.3. The van der Waals surface area contributed by atoms with E-state index in [1.54, 1.807) is 22.8 Å². The van der Waals surface area contributed by atoms with E-state index in [9.17, 15) is 9.59 Å². The van der Waals surface area contributed by atoms with Crippen LogP contribution in [0.3, 0.4) is 0 Å². The van der Waals surface area contributed by atoms with Crippen LogP contribution in [0.1, 0.15) is 26.7 Å². The first kappa shape index (κ1) is 17.3. The number of carbonyl (C=O) groups excluding carboxylic acids is 1. The largest absolute Gasteiger partial charge is 0.353 e. The zero-order valence-electron chi connectivity index (χ0n) is 13.7. The van der Waals surface area contributed by atoms with Crippen molar-refractivity contribution < 1.29 is 4.79 Å². The molecule has 7 heteroatoms. The van der Waals surface area contributed by atoms with Crippen LogP contribution in [-0.2, 0) is 11.3 Å². The number of thioether (sulfide) groups is 1. The monoisotopic (exact) mass is 365 g/mol. The number of benzene rings is 1. The van der Waals surface area contributed by atoms with E-state index < -0.39 is 0 Å². The summed E-state index contributed by atoms with van der Waals surface area (Å²) in [5.74, 6) is 0.546. The highest BCUT2D eigenvalue weighted by atomic mass is 35.5. The molecule has 1 fully saturated rings. The van der Waals surface area contributed by atoms with Crippen LogP contribution < -0.4 is 10.9 Å². The van der Waals surface area contributed by atoms with Gasteiger partial charge < -0.3 is 5.32 Å². The first-order chi connectivity index (χ1) is 11.4. The van der Waals surface area contributed by atoms with Gasteiger partial charge in [0.1, 0.15) is 0 Å². The lowest BCUT2D eigenvalue weighted by Gasteiger charge is -2.15. The fourth-order valence-corrected chi connectivity index (χ4v) is 3.43. The summed E-state index contributed by atoms with van der Waals surface area (Å²) in [6.07, 6.45) is 2.12. The van der Waals surface area contributed by atoms with Gasteiger partial charge in [-0.1, -0.05) is 37.2 Å². The van der Waals surface area contributed by atoms with E-state index in [-0.39, 0.29) is 17.2 Å². The fraction of sp³-hybridized carbons (Fsp3) is 0.471. The van der Waals surface area contributed by atoms with Crippen molar-refractivity contribution in [2.75, 3.05) is 5.75 Å². The third-order valence-electron chi connectivity index (χ3n) is 3.70. The number of amides is 1. The molecular formula is C17H20ClN3O2S. The summed E-state index contributed by atoms with van der Waals surface area (Å²) in [5.41, 5.74) is 0.496. The maximum atomic E-state index is 12.8. The number of halogens is 1. The van der Waals surface area contributed by atoms with E-state index in [4.69, 9.17) is 11.6 Å². The number of fused-ring (bicyclic) bond motifs is 1. The molecule has 0 aliphatic heterocycles. The molecule has 0 saturated heterocycles. The van der Waals surface area contributed by atoms with Gasteiger partial charge in [-0.15, -0.1) is 0 Å². The van der Waals surface area contributed by atoms with Crippen molar-refractivity contribution in [3.63, 3.8) is 0 Å². The second kappa shape index (κ2) is 7.15. The van der Waals surface area contributed by atoms with Crippen molar-refractivity contribution in [2.45, 2.75) is 44.4 Å². The molecule has 0 radical (unpaired) electrons. The zero-order chi connectivity index (χ0) is 17.3. The SMILES string of the molecule is CC(C)Cn1c(SCC(=O)NC2CC2)nc2ccc(Cl)cc2c1=O. The van der Waals surface area contributed by atoms with E-state index >= 15 is 0 Å². The summed E-state index contributed by atoms with van der Waals surface area (Å²) in [6.45, 7) is 4.65. The molecule has 2 aromatic rings. The van der Waals surface area contributed by atoms with Gasteiger partial charge in [0, 0.05) is 17.6 Å². The normalized spacial score (nSPS) is 14.3. The van der Waals surface area contributed by atoms with E-state index in [0.29, 0.717) is 39.6 Å². The van der Waals surface area contributed by atoms with Gasteiger partial charge >= 0.3 is 0 Å². The Hall–Kier alpha value is -1.53. The maximum Gasteiger partial charge on any atom is 0.262 e. The molecule has 1 saturated carbocycles. The summed E-state index contributed by atoms with van der Waals surface area (Å²) in [7, 11) is 0. The highest BCUT2D eigenvalue weighted by molar-refractivity contribution is 7.99. The molecule has 1 aliphatic carbocycles. The van der Waals surface area contributed by atoms with Crippen molar-refractivity contribution in [2.24, 2.45) is 5.92 Å². The highest BCUT2D eigenvalue weighted by Crippen LogP contribution is 2.22. The summed E-state index contributed by atoms with van der Waals surface area (Å²) in [5, 5.41) is 4.55. The Balaban J connectivity index is 1.92. The summed E-state index contributed by atoms with van der Waals surface area (Å²) in [6, 6.07) is 5.45. The molecule has 3 rings (SSSR count). The average molecular weight is 366 g/mol. The Morgan fingerprint density at radius 2 is 2.21 bits per heavy atom. The highest BCUT2D eigenvalue weighted by Gasteiger charge is 2.23. The van der Waals surface area contributed by atoms with Crippen molar-refractivity contribution >= 4 is 40.2 Å². The number of nitrogens with one attached hydrogen (secondary N) is 1. The molecule has 0 unspecified atom stereocenters. The Morgan fingerprint density at radius 3 is 2.88 bits per heavy atom. The lowest BCUT2D eigenvalue weighted by molar-refractivity contribution is -0.118. The minimum Gasteiger partial charge on any atom is -0.353 e. The van der Waals surface area contributed by atoms with Crippen molar-refractivity contribution in [1.82, 2.24) is 14.9 Å². The van der Waals surface area contributed by atoms with Gasteiger partial charge in [-0.3, -0.25) is 14.2 Å². The Kier molecular flexibility index (Phi) is 5.15. The molecule has 0 bridgehead atoms. The maximum absolute atomic E-state index is 12.8. The van der Waals surface area contributed by atoms with Crippen LogP contribution in [0.4, 0.5) is 0 Å². The molecule has 1 heterocycles. The van der Waals surface area contributed by atoms with Crippen molar-refractivity contribution in [1.29, 1.82) is 0 Å². The molecule has 1 aromatic heterocycles. The number of rotatable bonds is 6. The molecule has 1 aromatic carbocycles. The van der Waals surface area contributed by atoms with Crippen molar-refractivity contribution in [3.05, 3.63) is 33.6 Å². The van der Waals surface area contributed by atoms with Crippen LogP contribution in [-0.4, -0.2) is 27.3 Å². The predicted molar refractivity (Wildman–Crippen MR) is 97.7 cm³/mol. The number of nitrogens with zero attached hydrogens (tertiary/aromatic N) is 2.